The zero-order valence-electron chi connectivity index (χ0n) is 14.2. The number of aliphatic hydroxyl groups excluding tert-OH is 1. The average Bonchev–Trinajstić information content (AvgIpc) is 3.06. The molecule has 2 aromatic heterocycles. The van der Waals surface area contributed by atoms with Crippen LogP contribution in [0.25, 0.3) is 16.4 Å². The fourth-order valence-corrected chi connectivity index (χ4v) is 3.20. The normalized spacial score (nSPS) is 12.7. The summed E-state index contributed by atoms with van der Waals surface area (Å²) in [6.45, 7) is 3.22. The van der Waals surface area contributed by atoms with E-state index in [0.717, 1.165) is 27.9 Å². The number of nitrogens with one attached hydrogen (secondary N) is 1. The molecule has 0 aliphatic heterocycles. The van der Waals surface area contributed by atoms with Crippen molar-refractivity contribution in [3.05, 3.63) is 83.8 Å². The first-order chi connectivity index (χ1) is 12.2. The number of benzene rings is 2. The zero-order chi connectivity index (χ0) is 17.2. The van der Waals surface area contributed by atoms with Gasteiger partial charge >= 0.3 is 0 Å². The number of pyridine rings is 1. The third-order valence-corrected chi connectivity index (χ3v) is 4.61. The number of aromatic nitrogens is 2. The number of hydrogen-bond acceptors (Lipinski definition) is 3. The van der Waals surface area contributed by atoms with E-state index in [1.54, 1.807) is 0 Å². The first kappa shape index (κ1) is 15.8. The lowest BCUT2D eigenvalue weighted by molar-refractivity contribution is 0.174. The Morgan fingerprint density at radius 3 is 2.80 bits per heavy atom. The van der Waals surface area contributed by atoms with Gasteiger partial charge in [0.1, 0.15) is 5.65 Å². The minimum Gasteiger partial charge on any atom is -0.387 e. The molecule has 0 aliphatic rings. The number of fused-ring (bicyclic) bond motifs is 2. The van der Waals surface area contributed by atoms with Crippen LogP contribution < -0.4 is 5.32 Å². The Morgan fingerprint density at radius 2 is 1.92 bits per heavy atom. The van der Waals surface area contributed by atoms with Crippen LogP contribution in [0, 0.1) is 6.92 Å². The molecule has 0 fully saturated rings. The summed E-state index contributed by atoms with van der Waals surface area (Å²) in [6, 6.07) is 18.4. The fourth-order valence-electron chi connectivity index (χ4n) is 3.20. The lowest BCUT2D eigenvalue weighted by Crippen LogP contribution is -2.21. The van der Waals surface area contributed by atoms with E-state index in [1.165, 1.54) is 5.39 Å². The number of aryl methyl sites for hydroxylation is 1. The van der Waals surface area contributed by atoms with Crippen LogP contribution in [0.1, 0.15) is 22.9 Å². The van der Waals surface area contributed by atoms with Gasteiger partial charge in [-0.25, -0.2) is 4.98 Å². The second kappa shape index (κ2) is 6.67. The predicted molar refractivity (Wildman–Crippen MR) is 101 cm³/mol. The van der Waals surface area contributed by atoms with Crippen molar-refractivity contribution in [2.75, 3.05) is 6.54 Å². The molecule has 4 rings (SSSR count). The van der Waals surface area contributed by atoms with Crippen LogP contribution in [0.5, 0.6) is 0 Å². The smallest absolute Gasteiger partial charge is 0.139 e. The zero-order valence-corrected chi connectivity index (χ0v) is 14.2. The van der Waals surface area contributed by atoms with E-state index in [2.05, 4.69) is 52.0 Å². The van der Waals surface area contributed by atoms with E-state index in [4.69, 9.17) is 0 Å². The van der Waals surface area contributed by atoms with Gasteiger partial charge in [0.2, 0.25) is 0 Å². The summed E-state index contributed by atoms with van der Waals surface area (Å²) in [7, 11) is 0. The Morgan fingerprint density at radius 1 is 1.08 bits per heavy atom. The molecule has 0 amide bonds. The molecule has 1 atom stereocenters. The van der Waals surface area contributed by atoms with Crippen molar-refractivity contribution in [3.63, 3.8) is 0 Å². The Bertz CT molecular complexity index is 1020. The number of rotatable bonds is 5. The van der Waals surface area contributed by atoms with Gasteiger partial charge in [0.15, 0.2) is 0 Å². The number of nitrogens with zero attached hydrogens (tertiary/aromatic N) is 2. The number of imidazole rings is 1. The van der Waals surface area contributed by atoms with Crippen LogP contribution in [0.3, 0.4) is 0 Å². The molecule has 0 radical (unpaired) electrons. The van der Waals surface area contributed by atoms with Crippen molar-refractivity contribution < 1.29 is 5.11 Å². The first-order valence-corrected chi connectivity index (χ1v) is 8.51. The van der Waals surface area contributed by atoms with Crippen molar-refractivity contribution in [1.29, 1.82) is 0 Å². The highest BCUT2D eigenvalue weighted by Gasteiger charge is 2.09. The minimum atomic E-state index is -0.537. The third-order valence-electron chi connectivity index (χ3n) is 4.61. The molecule has 0 aliphatic carbocycles. The second-order valence-electron chi connectivity index (χ2n) is 6.39. The highest BCUT2D eigenvalue weighted by molar-refractivity contribution is 5.83. The Labute approximate surface area is 146 Å². The molecule has 0 saturated heterocycles. The van der Waals surface area contributed by atoms with Crippen molar-refractivity contribution in [2.24, 2.45) is 0 Å². The Hall–Kier alpha value is -2.69. The van der Waals surface area contributed by atoms with Gasteiger partial charge in [-0.2, -0.15) is 0 Å². The van der Waals surface area contributed by atoms with E-state index in [-0.39, 0.29) is 0 Å². The van der Waals surface area contributed by atoms with Gasteiger partial charge in [-0.3, -0.25) is 0 Å². The van der Waals surface area contributed by atoms with Crippen LogP contribution in [0.4, 0.5) is 0 Å². The summed E-state index contributed by atoms with van der Waals surface area (Å²) in [6.07, 6.45) is 3.37. The Balaban J connectivity index is 1.44. The average molecular weight is 331 g/mol. The van der Waals surface area contributed by atoms with Crippen LogP contribution in [-0.4, -0.2) is 21.0 Å². The molecule has 0 bridgehead atoms. The number of aliphatic hydroxyl groups is 1. The summed E-state index contributed by atoms with van der Waals surface area (Å²) >= 11 is 0. The summed E-state index contributed by atoms with van der Waals surface area (Å²) in [5.41, 5.74) is 4.16. The lowest BCUT2D eigenvalue weighted by Gasteiger charge is -2.13. The third kappa shape index (κ3) is 3.14. The molecule has 2 heterocycles. The SMILES string of the molecule is Cc1cccn2c(CNCC(O)c3ccc4ccccc4c3)cnc12. The highest BCUT2D eigenvalue weighted by atomic mass is 16.3. The lowest BCUT2D eigenvalue weighted by atomic mass is 10.0. The van der Waals surface area contributed by atoms with E-state index >= 15 is 0 Å². The molecule has 4 nitrogen and oxygen atoms in total. The molecule has 0 saturated carbocycles. The van der Waals surface area contributed by atoms with E-state index < -0.39 is 6.10 Å². The molecule has 1 unspecified atom stereocenters. The van der Waals surface area contributed by atoms with Crippen molar-refractivity contribution in [1.82, 2.24) is 14.7 Å². The van der Waals surface area contributed by atoms with Gasteiger partial charge in [-0.05, 0) is 41.0 Å². The second-order valence-corrected chi connectivity index (χ2v) is 6.39. The molecule has 2 N–H and O–H groups in total. The van der Waals surface area contributed by atoms with Gasteiger partial charge in [-0.15, -0.1) is 0 Å². The maximum Gasteiger partial charge on any atom is 0.139 e. The molecular weight excluding hydrogens is 310 g/mol. The van der Waals surface area contributed by atoms with Gasteiger partial charge in [-0.1, -0.05) is 42.5 Å². The van der Waals surface area contributed by atoms with Crippen LogP contribution >= 0.6 is 0 Å². The maximum absolute atomic E-state index is 10.5. The van der Waals surface area contributed by atoms with Crippen LogP contribution in [0.15, 0.2) is 67.0 Å². The Kier molecular flexibility index (Phi) is 4.22. The molecule has 126 valence electrons. The topological polar surface area (TPSA) is 49.6 Å². The van der Waals surface area contributed by atoms with Gasteiger partial charge < -0.3 is 14.8 Å². The van der Waals surface area contributed by atoms with Gasteiger partial charge in [0.25, 0.3) is 0 Å². The molecule has 4 aromatic rings. The molecule has 4 heteroatoms. The monoisotopic (exact) mass is 331 g/mol. The van der Waals surface area contributed by atoms with Crippen molar-refractivity contribution in [3.8, 4) is 0 Å². The van der Waals surface area contributed by atoms with Gasteiger partial charge in [0, 0.05) is 19.3 Å². The van der Waals surface area contributed by atoms with E-state index in [0.29, 0.717) is 13.1 Å². The molecule has 0 spiro atoms. The van der Waals surface area contributed by atoms with Crippen molar-refractivity contribution in [2.45, 2.75) is 19.6 Å². The van der Waals surface area contributed by atoms with Gasteiger partial charge in [0.05, 0.1) is 18.0 Å². The molecule has 2 aromatic carbocycles. The predicted octanol–water partition coefficient (Wildman–Crippen LogP) is 3.62. The number of hydrogen-bond donors (Lipinski definition) is 2. The fraction of sp³-hybridized carbons (Fsp3) is 0.190. The van der Waals surface area contributed by atoms with Crippen LogP contribution in [0.2, 0.25) is 0 Å². The molecular formula is C21H21N3O. The largest absolute Gasteiger partial charge is 0.387 e. The maximum atomic E-state index is 10.5. The summed E-state index contributed by atoms with van der Waals surface area (Å²) in [5, 5.41) is 16.2. The summed E-state index contributed by atoms with van der Waals surface area (Å²) in [4.78, 5) is 4.47. The van der Waals surface area contributed by atoms with E-state index in [9.17, 15) is 5.11 Å². The minimum absolute atomic E-state index is 0.497. The summed E-state index contributed by atoms with van der Waals surface area (Å²) < 4.78 is 2.09. The quantitative estimate of drug-likeness (QED) is 0.587. The highest BCUT2D eigenvalue weighted by Crippen LogP contribution is 2.20. The standard InChI is InChI=1S/C21H21N3O/c1-15-5-4-10-24-19(13-23-21(15)24)12-22-14-20(25)18-9-8-16-6-2-3-7-17(16)11-18/h2-11,13,20,22,25H,12,14H2,1H3. The van der Waals surface area contributed by atoms with Crippen molar-refractivity contribution >= 4 is 16.4 Å². The van der Waals surface area contributed by atoms with Crippen LogP contribution in [-0.2, 0) is 6.54 Å². The van der Waals surface area contributed by atoms with E-state index in [1.807, 2.05) is 36.7 Å². The molecule has 25 heavy (non-hydrogen) atoms. The summed E-state index contributed by atoms with van der Waals surface area (Å²) in [5.74, 6) is 0. The first-order valence-electron chi connectivity index (χ1n) is 8.51.